The first-order valence-corrected chi connectivity index (χ1v) is 9.23. The van der Waals surface area contributed by atoms with Gasteiger partial charge in [0, 0.05) is 11.1 Å². The van der Waals surface area contributed by atoms with Crippen LogP contribution in [-0.2, 0) is 9.53 Å². The third kappa shape index (κ3) is 6.28. The van der Waals surface area contributed by atoms with Crippen molar-refractivity contribution in [3.05, 3.63) is 0 Å². The van der Waals surface area contributed by atoms with Gasteiger partial charge < -0.3 is 4.74 Å². The van der Waals surface area contributed by atoms with Crippen molar-refractivity contribution in [3.8, 4) is 0 Å². The largest absolute Gasteiger partial charge is 0.465 e. The Bertz CT molecular complexity index is 320. The number of nitrogens with zero attached hydrogens (tertiary/aromatic N) is 1. The van der Waals surface area contributed by atoms with Crippen molar-refractivity contribution in [2.75, 3.05) is 13.2 Å². The number of esters is 1. The highest BCUT2D eigenvalue weighted by Crippen LogP contribution is 2.37. The van der Waals surface area contributed by atoms with Gasteiger partial charge in [-0.3, -0.25) is 9.69 Å². The summed E-state index contributed by atoms with van der Waals surface area (Å²) in [6.45, 7) is 12.2. The van der Waals surface area contributed by atoms with Gasteiger partial charge in [-0.05, 0) is 53.4 Å². The number of rotatable bonds is 9. The number of carbonyl (C=O) groups is 1. The van der Waals surface area contributed by atoms with E-state index in [4.69, 9.17) is 4.74 Å². The molecule has 1 fully saturated rings. The maximum Gasteiger partial charge on any atom is 0.320 e. The van der Waals surface area contributed by atoms with Crippen LogP contribution in [0.3, 0.4) is 0 Å². The monoisotopic (exact) mass is 311 g/mol. The molecule has 0 unspecified atom stereocenters. The molecule has 1 aliphatic rings. The van der Waals surface area contributed by atoms with Crippen molar-refractivity contribution < 1.29 is 9.53 Å². The molecule has 1 rings (SSSR count). The van der Waals surface area contributed by atoms with E-state index in [2.05, 4.69) is 39.5 Å². The molecule has 0 aromatic heterocycles. The molecule has 1 saturated heterocycles. The second-order valence-electron chi connectivity index (χ2n) is 8.05. The van der Waals surface area contributed by atoms with Crippen LogP contribution in [0.25, 0.3) is 0 Å². The number of unbranched alkanes of at least 4 members (excludes halogenated alkanes) is 5. The molecule has 0 aliphatic carbocycles. The Kier molecular flexibility index (Phi) is 7.88. The third-order valence-electron chi connectivity index (χ3n) is 5.09. The summed E-state index contributed by atoms with van der Waals surface area (Å²) in [5.74, 6) is -0.0587. The molecule has 0 saturated carbocycles. The zero-order chi connectivity index (χ0) is 16.6. The Balaban J connectivity index is 2.28. The summed E-state index contributed by atoms with van der Waals surface area (Å²) < 4.78 is 5.46. The first-order chi connectivity index (χ1) is 10.3. The zero-order valence-corrected chi connectivity index (χ0v) is 15.5. The van der Waals surface area contributed by atoms with Crippen molar-refractivity contribution in [2.45, 2.75) is 103 Å². The van der Waals surface area contributed by atoms with E-state index in [1.54, 1.807) is 0 Å². The Labute approximate surface area is 137 Å². The van der Waals surface area contributed by atoms with Crippen molar-refractivity contribution in [2.24, 2.45) is 0 Å². The summed E-state index contributed by atoms with van der Waals surface area (Å²) in [7, 11) is 0. The molecule has 0 amide bonds. The number of likely N-dealkylation sites (tertiary alicyclic amines) is 1. The predicted molar refractivity (Wildman–Crippen MR) is 93.1 cm³/mol. The van der Waals surface area contributed by atoms with Crippen LogP contribution in [0.5, 0.6) is 0 Å². The van der Waals surface area contributed by atoms with Gasteiger partial charge in [0.2, 0.25) is 0 Å². The fourth-order valence-corrected chi connectivity index (χ4v) is 3.71. The van der Waals surface area contributed by atoms with Gasteiger partial charge in [0.05, 0.1) is 13.2 Å². The molecule has 0 atom stereocenters. The van der Waals surface area contributed by atoms with E-state index in [-0.39, 0.29) is 17.0 Å². The van der Waals surface area contributed by atoms with E-state index in [0.717, 1.165) is 19.3 Å². The van der Waals surface area contributed by atoms with E-state index >= 15 is 0 Å². The number of carbonyl (C=O) groups excluding carboxylic acids is 1. The SMILES string of the molecule is CCCCCCCCOC(=O)CN1C(C)(C)CCCC1(C)C. The van der Waals surface area contributed by atoms with Crippen molar-refractivity contribution >= 4 is 5.97 Å². The summed E-state index contributed by atoms with van der Waals surface area (Å²) in [6.07, 6.45) is 10.9. The Morgan fingerprint density at radius 1 is 0.955 bits per heavy atom. The molecule has 3 nitrogen and oxygen atoms in total. The molecule has 1 aliphatic heterocycles. The molecule has 0 spiro atoms. The summed E-state index contributed by atoms with van der Waals surface area (Å²) >= 11 is 0. The molecule has 1 heterocycles. The van der Waals surface area contributed by atoms with Crippen LogP contribution >= 0.6 is 0 Å². The highest BCUT2D eigenvalue weighted by molar-refractivity contribution is 5.72. The fourth-order valence-electron chi connectivity index (χ4n) is 3.71. The van der Waals surface area contributed by atoms with Crippen LogP contribution in [-0.4, -0.2) is 35.1 Å². The minimum absolute atomic E-state index is 0.0587. The van der Waals surface area contributed by atoms with E-state index in [0.29, 0.717) is 13.2 Å². The first kappa shape index (κ1) is 19.5. The van der Waals surface area contributed by atoms with Gasteiger partial charge in [-0.15, -0.1) is 0 Å². The standard InChI is InChI=1S/C19H37NO2/c1-6-7-8-9-10-11-15-22-17(21)16-20-18(2,3)13-12-14-19(20,4)5/h6-16H2,1-5H3. The average molecular weight is 312 g/mol. The number of hydrogen-bond acceptors (Lipinski definition) is 3. The lowest BCUT2D eigenvalue weighted by Gasteiger charge is -2.52. The molecule has 0 bridgehead atoms. The molecule has 0 aromatic rings. The first-order valence-electron chi connectivity index (χ1n) is 9.23. The lowest BCUT2D eigenvalue weighted by atomic mass is 9.80. The minimum atomic E-state index is -0.0587. The number of piperidine rings is 1. The van der Waals surface area contributed by atoms with Crippen LogP contribution in [0, 0.1) is 0 Å². The number of ether oxygens (including phenoxy) is 1. The fraction of sp³-hybridized carbons (Fsp3) is 0.947. The van der Waals surface area contributed by atoms with Crippen molar-refractivity contribution in [3.63, 3.8) is 0 Å². The highest BCUT2D eigenvalue weighted by Gasteiger charge is 2.42. The van der Waals surface area contributed by atoms with E-state index in [1.807, 2.05) is 0 Å². The van der Waals surface area contributed by atoms with Crippen LogP contribution < -0.4 is 0 Å². The molecule has 0 N–H and O–H groups in total. The second kappa shape index (κ2) is 8.90. The molecular formula is C19H37NO2. The molecule has 0 aromatic carbocycles. The molecule has 130 valence electrons. The van der Waals surface area contributed by atoms with E-state index in [9.17, 15) is 4.79 Å². The zero-order valence-electron chi connectivity index (χ0n) is 15.5. The Morgan fingerprint density at radius 3 is 2.09 bits per heavy atom. The van der Waals surface area contributed by atoms with Crippen LogP contribution in [0.15, 0.2) is 0 Å². The molecule has 22 heavy (non-hydrogen) atoms. The number of hydrogen-bond donors (Lipinski definition) is 0. The minimum Gasteiger partial charge on any atom is -0.465 e. The van der Waals surface area contributed by atoms with Crippen molar-refractivity contribution in [1.29, 1.82) is 0 Å². The topological polar surface area (TPSA) is 29.5 Å². The molecule has 3 heteroatoms. The lowest BCUT2D eigenvalue weighted by Crippen LogP contribution is -2.60. The van der Waals surface area contributed by atoms with E-state index in [1.165, 1.54) is 38.5 Å². The van der Waals surface area contributed by atoms with Gasteiger partial charge in [0.15, 0.2) is 0 Å². The quantitative estimate of drug-likeness (QED) is 0.446. The van der Waals surface area contributed by atoms with Gasteiger partial charge in [-0.1, -0.05) is 39.0 Å². The Morgan fingerprint density at radius 2 is 1.50 bits per heavy atom. The maximum absolute atomic E-state index is 12.2. The second-order valence-corrected chi connectivity index (χ2v) is 8.05. The summed E-state index contributed by atoms with van der Waals surface area (Å²) in [4.78, 5) is 14.5. The smallest absolute Gasteiger partial charge is 0.320 e. The summed E-state index contributed by atoms with van der Waals surface area (Å²) in [6, 6.07) is 0. The van der Waals surface area contributed by atoms with E-state index < -0.39 is 0 Å². The van der Waals surface area contributed by atoms with Gasteiger partial charge >= 0.3 is 5.97 Å². The normalized spacial score (nSPS) is 20.8. The van der Waals surface area contributed by atoms with Gasteiger partial charge in [0.1, 0.15) is 0 Å². The van der Waals surface area contributed by atoms with Gasteiger partial charge in [0.25, 0.3) is 0 Å². The van der Waals surface area contributed by atoms with Crippen molar-refractivity contribution in [1.82, 2.24) is 4.90 Å². The molecular weight excluding hydrogens is 274 g/mol. The third-order valence-corrected chi connectivity index (χ3v) is 5.09. The van der Waals surface area contributed by atoms with Crippen LogP contribution in [0.1, 0.15) is 92.4 Å². The Hall–Kier alpha value is -0.570. The summed E-state index contributed by atoms with van der Waals surface area (Å²) in [5.41, 5.74) is 0.168. The summed E-state index contributed by atoms with van der Waals surface area (Å²) in [5, 5.41) is 0. The van der Waals surface area contributed by atoms with Crippen LogP contribution in [0.2, 0.25) is 0 Å². The maximum atomic E-state index is 12.2. The van der Waals surface area contributed by atoms with Gasteiger partial charge in [-0.25, -0.2) is 0 Å². The predicted octanol–water partition coefficient (Wildman–Crippen LogP) is 4.93. The lowest BCUT2D eigenvalue weighted by molar-refractivity contribution is -0.151. The highest BCUT2D eigenvalue weighted by atomic mass is 16.5. The van der Waals surface area contributed by atoms with Crippen LogP contribution in [0.4, 0.5) is 0 Å². The molecule has 0 radical (unpaired) electrons. The van der Waals surface area contributed by atoms with Gasteiger partial charge in [-0.2, -0.15) is 0 Å². The average Bonchev–Trinajstić information content (AvgIpc) is 2.41.